The van der Waals surface area contributed by atoms with E-state index < -0.39 is 30.3 Å². The number of nitrogens with zero attached hydrogens (tertiary/aromatic N) is 1. The molecule has 1 N–H and O–H groups in total. The molecule has 2 amide bonds. The second-order valence-electron chi connectivity index (χ2n) is 6.08. The Bertz CT molecular complexity index is 676. The standard InChI is InChI=1S/C18H22F2N2O3/c1-4-12(2)15(17(24)22-10-9-18(19,20)11-22)21-16(23)13-7-5-6-8-14(13)25-3/h5-10,12,15H,4,11H2,1-3H3,(H,21,23)/t12?,15-/m0/s1. The third kappa shape index (κ3) is 4.35. The van der Waals surface area contributed by atoms with Gasteiger partial charge in [0.15, 0.2) is 0 Å². The normalized spacial score (nSPS) is 17.9. The van der Waals surface area contributed by atoms with Gasteiger partial charge in [-0.3, -0.25) is 9.59 Å². The highest BCUT2D eigenvalue weighted by Crippen LogP contribution is 2.25. The zero-order valence-corrected chi connectivity index (χ0v) is 14.5. The molecule has 0 bridgehead atoms. The zero-order chi connectivity index (χ0) is 18.6. The number of hydrogen-bond acceptors (Lipinski definition) is 3. The van der Waals surface area contributed by atoms with Crippen molar-refractivity contribution in [2.24, 2.45) is 5.92 Å². The number of ether oxygens (including phenoxy) is 1. The number of alkyl halides is 2. The lowest BCUT2D eigenvalue weighted by Gasteiger charge is -2.27. The van der Waals surface area contributed by atoms with Crippen LogP contribution in [0.5, 0.6) is 5.75 Å². The van der Waals surface area contributed by atoms with E-state index in [0.29, 0.717) is 18.2 Å². The molecule has 136 valence electrons. The quantitative estimate of drug-likeness (QED) is 0.856. The van der Waals surface area contributed by atoms with Gasteiger partial charge in [0, 0.05) is 12.3 Å². The molecule has 1 aliphatic rings. The predicted octanol–water partition coefficient (Wildman–Crippen LogP) is 2.83. The molecule has 25 heavy (non-hydrogen) atoms. The predicted molar refractivity (Wildman–Crippen MR) is 89.5 cm³/mol. The van der Waals surface area contributed by atoms with Crippen LogP contribution in [-0.2, 0) is 4.79 Å². The van der Waals surface area contributed by atoms with Crippen molar-refractivity contribution >= 4 is 11.8 Å². The number of para-hydroxylation sites is 1. The van der Waals surface area contributed by atoms with E-state index in [2.05, 4.69) is 5.32 Å². The van der Waals surface area contributed by atoms with E-state index >= 15 is 0 Å². The van der Waals surface area contributed by atoms with E-state index in [9.17, 15) is 18.4 Å². The fourth-order valence-electron chi connectivity index (χ4n) is 2.60. The number of nitrogens with one attached hydrogen (secondary N) is 1. The van der Waals surface area contributed by atoms with Gasteiger partial charge < -0.3 is 15.0 Å². The van der Waals surface area contributed by atoms with Gasteiger partial charge >= 0.3 is 0 Å². The second-order valence-corrected chi connectivity index (χ2v) is 6.08. The summed E-state index contributed by atoms with van der Waals surface area (Å²) in [4.78, 5) is 26.2. The van der Waals surface area contributed by atoms with Crippen LogP contribution in [0.15, 0.2) is 36.5 Å². The molecule has 1 aromatic rings. The molecule has 2 rings (SSSR count). The number of benzene rings is 1. The summed E-state index contributed by atoms with van der Waals surface area (Å²) in [6.45, 7) is 2.96. The van der Waals surface area contributed by atoms with Crippen LogP contribution in [0.4, 0.5) is 8.78 Å². The number of carbonyl (C=O) groups is 2. The molecule has 2 atom stereocenters. The van der Waals surface area contributed by atoms with Crippen molar-refractivity contribution in [2.45, 2.75) is 32.2 Å². The Morgan fingerprint density at radius 3 is 2.60 bits per heavy atom. The lowest BCUT2D eigenvalue weighted by Crippen LogP contribution is -2.50. The summed E-state index contributed by atoms with van der Waals surface area (Å²) in [5.74, 6) is -3.91. The maximum Gasteiger partial charge on any atom is 0.285 e. The Kier molecular flexibility index (Phi) is 5.77. The number of rotatable bonds is 6. The van der Waals surface area contributed by atoms with Gasteiger partial charge in [0.1, 0.15) is 11.8 Å². The highest BCUT2D eigenvalue weighted by molar-refractivity contribution is 5.99. The lowest BCUT2D eigenvalue weighted by atomic mass is 9.97. The number of amides is 2. The Hall–Kier alpha value is -2.44. The third-order valence-corrected chi connectivity index (χ3v) is 4.28. The molecular formula is C18H22F2N2O3. The van der Waals surface area contributed by atoms with E-state index in [0.717, 1.165) is 11.1 Å². The minimum Gasteiger partial charge on any atom is -0.496 e. The maximum absolute atomic E-state index is 13.3. The molecule has 1 aromatic carbocycles. The van der Waals surface area contributed by atoms with Crippen molar-refractivity contribution in [3.8, 4) is 5.75 Å². The molecule has 1 unspecified atom stereocenters. The number of hydrogen-bond donors (Lipinski definition) is 1. The molecule has 0 radical (unpaired) electrons. The van der Waals surface area contributed by atoms with Crippen LogP contribution < -0.4 is 10.1 Å². The molecule has 0 saturated heterocycles. The topological polar surface area (TPSA) is 58.6 Å². The molecule has 0 aromatic heterocycles. The van der Waals surface area contributed by atoms with Gasteiger partial charge in [-0.05, 0) is 18.1 Å². The monoisotopic (exact) mass is 352 g/mol. The summed E-state index contributed by atoms with van der Waals surface area (Å²) in [5.41, 5.74) is 0.286. The molecule has 0 fully saturated rings. The average Bonchev–Trinajstić information content (AvgIpc) is 2.98. The van der Waals surface area contributed by atoms with Crippen LogP contribution in [0.1, 0.15) is 30.6 Å². The molecule has 0 aliphatic carbocycles. The molecule has 1 heterocycles. The van der Waals surface area contributed by atoms with Crippen LogP contribution in [0.3, 0.4) is 0 Å². The molecule has 0 spiro atoms. The van der Waals surface area contributed by atoms with Crippen LogP contribution in [0.2, 0.25) is 0 Å². The van der Waals surface area contributed by atoms with Gasteiger partial charge in [-0.15, -0.1) is 0 Å². The van der Waals surface area contributed by atoms with E-state index in [1.807, 2.05) is 6.92 Å². The molecule has 7 heteroatoms. The van der Waals surface area contributed by atoms with E-state index in [-0.39, 0.29) is 11.5 Å². The number of methoxy groups -OCH3 is 1. The van der Waals surface area contributed by atoms with Gasteiger partial charge in [0.2, 0.25) is 5.91 Å². The Balaban J connectivity index is 2.19. The van der Waals surface area contributed by atoms with Crippen molar-refractivity contribution < 1.29 is 23.1 Å². The van der Waals surface area contributed by atoms with E-state index in [4.69, 9.17) is 4.74 Å². The largest absolute Gasteiger partial charge is 0.496 e. The van der Waals surface area contributed by atoms with Crippen molar-refractivity contribution in [1.82, 2.24) is 10.2 Å². The Labute approximate surface area is 145 Å². The highest BCUT2D eigenvalue weighted by atomic mass is 19.3. The molecular weight excluding hydrogens is 330 g/mol. The highest BCUT2D eigenvalue weighted by Gasteiger charge is 2.39. The SMILES string of the molecule is CCC(C)[C@H](NC(=O)c1ccccc1OC)C(=O)N1C=CC(F)(F)C1. The minimum atomic E-state index is -3.04. The van der Waals surface area contributed by atoms with Crippen molar-refractivity contribution in [3.05, 3.63) is 42.1 Å². The van der Waals surface area contributed by atoms with E-state index in [1.165, 1.54) is 7.11 Å². The van der Waals surface area contributed by atoms with Gasteiger partial charge in [-0.1, -0.05) is 32.4 Å². The second kappa shape index (κ2) is 7.63. The summed E-state index contributed by atoms with van der Waals surface area (Å²) >= 11 is 0. The van der Waals surface area contributed by atoms with Crippen LogP contribution >= 0.6 is 0 Å². The van der Waals surface area contributed by atoms with E-state index in [1.54, 1.807) is 31.2 Å². The van der Waals surface area contributed by atoms with Gasteiger partial charge in [0.05, 0.1) is 19.2 Å². The maximum atomic E-state index is 13.3. The number of halogens is 2. The minimum absolute atomic E-state index is 0.214. The Morgan fingerprint density at radius 2 is 2.04 bits per heavy atom. The Morgan fingerprint density at radius 1 is 1.36 bits per heavy atom. The molecule has 5 nitrogen and oxygen atoms in total. The summed E-state index contributed by atoms with van der Waals surface area (Å²) < 4.78 is 31.8. The lowest BCUT2D eigenvalue weighted by molar-refractivity contribution is -0.133. The fraction of sp³-hybridized carbons (Fsp3) is 0.444. The first-order valence-corrected chi connectivity index (χ1v) is 8.10. The fourth-order valence-corrected chi connectivity index (χ4v) is 2.60. The summed E-state index contributed by atoms with van der Waals surface area (Å²) in [7, 11) is 1.44. The molecule has 0 saturated carbocycles. The first-order valence-electron chi connectivity index (χ1n) is 8.10. The molecule has 1 aliphatic heterocycles. The van der Waals surface area contributed by atoms with Crippen molar-refractivity contribution in [1.29, 1.82) is 0 Å². The van der Waals surface area contributed by atoms with Crippen LogP contribution in [-0.4, -0.2) is 42.3 Å². The average molecular weight is 352 g/mol. The zero-order valence-electron chi connectivity index (χ0n) is 14.5. The number of carbonyl (C=O) groups excluding carboxylic acids is 2. The third-order valence-electron chi connectivity index (χ3n) is 4.28. The summed E-state index contributed by atoms with van der Waals surface area (Å²) in [6.07, 6.45) is 2.38. The van der Waals surface area contributed by atoms with Gasteiger partial charge in [-0.2, -0.15) is 8.78 Å². The van der Waals surface area contributed by atoms with Gasteiger partial charge in [0.25, 0.3) is 11.8 Å². The van der Waals surface area contributed by atoms with Crippen LogP contribution in [0.25, 0.3) is 0 Å². The van der Waals surface area contributed by atoms with Crippen LogP contribution in [0, 0.1) is 5.92 Å². The first kappa shape index (κ1) is 18.9. The summed E-state index contributed by atoms with van der Waals surface area (Å²) in [6, 6.07) is 5.72. The van der Waals surface area contributed by atoms with Crippen molar-refractivity contribution in [3.63, 3.8) is 0 Å². The van der Waals surface area contributed by atoms with Gasteiger partial charge in [-0.25, -0.2) is 0 Å². The van der Waals surface area contributed by atoms with Crippen molar-refractivity contribution in [2.75, 3.05) is 13.7 Å². The smallest absolute Gasteiger partial charge is 0.285 e. The first-order chi connectivity index (χ1) is 11.8. The summed E-state index contributed by atoms with van der Waals surface area (Å²) in [5, 5.41) is 2.67.